The Labute approximate surface area is 144 Å². The summed E-state index contributed by atoms with van der Waals surface area (Å²) in [5.74, 6) is 1.28. The fourth-order valence-corrected chi connectivity index (χ4v) is 2.76. The Balaban J connectivity index is 1.34. The molecule has 2 aromatic carbocycles. The number of nitrogens with zero attached hydrogens (tertiary/aromatic N) is 1. The molecule has 3 aromatic rings. The predicted octanol–water partition coefficient (Wildman–Crippen LogP) is 3.40. The molecule has 1 aliphatic heterocycles. The van der Waals surface area contributed by atoms with Gasteiger partial charge in [0.1, 0.15) is 0 Å². The first-order chi connectivity index (χ1) is 12.3. The molecule has 0 saturated heterocycles. The van der Waals surface area contributed by atoms with Crippen LogP contribution >= 0.6 is 0 Å². The third-order valence-electron chi connectivity index (χ3n) is 3.96. The Morgan fingerprint density at radius 1 is 1.08 bits per heavy atom. The molecule has 6 heteroatoms. The number of ether oxygens (including phenoxy) is 2. The first-order valence-corrected chi connectivity index (χ1v) is 8.07. The average Bonchev–Trinajstić information content (AvgIpc) is 3.10. The van der Waals surface area contributed by atoms with Crippen molar-refractivity contribution in [2.75, 3.05) is 24.0 Å². The van der Waals surface area contributed by atoms with Gasteiger partial charge in [-0.3, -0.25) is 9.78 Å². The molecule has 0 saturated carbocycles. The molecule has 0 radical (unpaired) electrons. The molecule has 1 aliphatic rings. The van der Waals surface area contributed by atoms with E-state index in [1.165, 1.54) is 0 Å². The minimum atomic E-state index is -0.0699. The van der Waals surface area contributed by atoms with Crippen LogP contribution in [0.1, 0.15) is 6.42 Å². The number of anilines is 2. The van der Waals surface area contributed by atoms with E-state index in [4.69, 9.17) is 9.47 Å². The zero-order valence-corrected chi connectivity index (χ0v) is 13.5. The van der Waals surface area contributed by atoms with Crippen molar-refractivity contribution in [3.05, 3.63) is 54.7 Å². The van der Waals surface area contributed by atoms with Crippen molar-refractivity contribution < 1.29 is 14.3 Å². The summed E-state index contributed by atoms with van der Waals surface area (Å²) in [6.45, 7) is 0.738. The Hall–Kier alpha value is -3.28. The van der Waals surface area contributed by atoms with E-state index in [9.17, 15) is 4.79 Å². The molecule has 0 aliphatic carbocycles. The zero-order valence-electron chi connectivity index (χ0n) is 13.5. The summed E-state index contributed by atoms with van der Waals surface area (Å²) in [6.07, 6.45) is 2.11. The van der Waals surface area contributed by atoms with Crippen molar-refractivity contribution in [3.8, 4) is 11.5 Å². The summed E-state index contributed by atoms with van der Waals surface area (Å²) in [4.78, 5) is 16.5. The molecule has 126 valence electrons. The topological polar surface area (TPSA) is 72.5 Å². The molecule has 0 spiro atoms. The van der Waals surface area contributed by atoms with E-state index in [-0.39, 0.29) is 12.7 Å². The van der Waals surface area contributed by atoms with Gasteiger partial charge in [-0.25, -0.2) is 0 Å². The van der Waals surface area contributed by atoms with Crippen molar-refractivity contribution in [2.24, 2.45) is 0 Å². The van der Waals surface area contributed by atoms with Gasteiger partial charge >= 0.3 is 0 Å². The minimum Gasteiger partial charge on any atom is -0.454 e. The Morgan fingerprint density at radius 3 is 2.92 bits per heavy atom. The van der Waals surface area contributed by atoms with Gasteiger partial charge in [-0.05, 0) is 24.3 Å². The van der Waals surface area contributed by atoms with Gasteiger partial charge in [0, 0.05) is 36.3 Å². The zero-order chi connectivity index (χ0) is 17.1. The Bertz CT molecular complexity index is 921. The maximum Gasteiger partial charge on any atom is 0.231 e. The van der Waals surface area contributed by atoms with Crippen LogP contribution in [0, 0.1) is 0 Å². The lowest BCUT2D eigenvalue weighted by atomic mass is 10.2. The number of rotatable bonds is 5. The number of para-hydroxylation sites is 1. The second-order valence-corrected chi connectivity index (χ2v) is 5.67. The molecule has 6 nitrogen and oxygen atoms in total. The summed E-state index contributed by atoms with van der Waals surface area (Å²) in [5.41, 5.74) is 2.52. The fraction of sp³-hybridized carbons (Fsp3) is 0.158. The summed E-state index contributed by atoms with van der Waals surface area (Å²) in [6, 6.07) is 15.2. The van der Waals surface area contributed by atoms with E-state index >= 15 is 0 Å². The lowest BCUT2D eigenvalue weighted by Gasteiger charge is -2.09. The maximum atomic E-state index is 12.1. The second kappa shape index (κ2) is 6.68. The molecule has 2 N–H and O–H groups in total. The fourth-order valence-electron chi connectivity index (χ4n) is 2.76. The highest BCUT2D eigenvalue weighted by Crippen LogP contribution is 2.34. The highest BCUT2D eigenvalue weighted by molar-refractivity contribution is 5.92. The van der Waals surface area contributed by atoms with E-state index in [1.807, 2.05) is 30.3 Å². The molecular formula is C19H17N3O3. The molecule has 0 unspecified atom stereocenters. The van der Waals surface area contributed by atoms with Gasteiger partial charge in [-0.15, -0.1) is 0 Å². The normalized spacial score (nSPS) is 12.2. The van der Waals surface area contributed by atoms with Crippen LogP contribution < -0.4 is 20.1 Å². The number of hydrogen-bond donors (Lipinski definition) is 2. The van der Waals surface area contributed by atoms with Crippen LogP contribution in [0.15, 0.2) is 54.7 Å². The molecule has 0 bridgehead atoms. The van der Waals surface area contributed by atoms with Crippen LogP contribution in [0.4, 0.5) is 11.4 Å². The Kier molecular flexibility index (Phi) is 4.08. The summed E-state index contributed by atoms with van der Waals surface area (Å²) in [5, 5.41) is 7.21. The number of fused-ring (bicyclic) bond motifs is 2. The molecule has 0 fully saturated rings. The van der Waals surface area contributed by atoms with Crippen LogP contribution in [0.5, 0.6) is 11.5 Å². The van der Waals surface area contributed by atoms with Gasteiger partial charge in [0.25, 0.3) is 0 Å². The summed E-state index contributed by atoms with van der Waals surface area (Å²) in [7, 11) is 0. The molecular weight excluding hydrogens is 318 g/mol. The smallest absolute Gasteiger partial charge is 0.231 e. The number of aromatic nitrogens is 1. The number of carbonyl (C=O) groups excluding carboxylic acids is 1. The monoisotopic (exact) mass is 335 g/mol. The van der Waals surface area contributed by atoms with Gasteiger partial charge in [0.15, 0.2) is 11.5 Å². The number of carbonyl (C=O) groups is 1. The maximum absolute atomic E-state index is 12.1. The van der Waals surface area contributed by atoms with Crippen LogP contribution in [0.2, 0.25) is 0 Å². The quantitative estimate of drug-likeness (QED) is 0.747. The predicted molar refractivity (Wildman–Crippen MR) is 96.0 cm³/mol. The third-order valence-corrected chi connectivity index (χ3v) is 3.96. The van der Waals surface area contributed by atoms with E-state index in [0.29, 0.717) is 30.2 Å². The SMILES string of the molecule is O=C(CCNc1cccc2cccnc12)Nc1ccc2c(c1)OCO2. The molecule has 1 amide bonds. The van der Waals surface area contributed by atoms with Crippen LogP contribution in [-0.4, -0.2) is 24.2 Å². The van der Waals surface area contributed by atoms with Crippen molar-refractivity contribution in [3.63, 3.8) is 0 Å². The summed E-state index contributed by atoms with van der Waals surface area (Å²) >= 11 is 0. The van der Waals surface area contributed by atoms with Crippen LogP contribution in [0.25, 0.3) is 10.9 Å². The average molecular weight is 335 g/mol. The van der Waals surface area contributed by atoms with Crippen molar-refractivity contribution >= 4 is 28.2 Å². The van der Waals surface area contributed by atoms with Gasteiger partial charge in [0.2, 0.25) is 12.7 Å². The number of benzene rings is 2. The van der Waals surface area contributed by atoms with Gasteiger partial charge in [-0.2, -0.15) is 0 Å². The van der Waals surface area contributed by atoms with Crippen molar-refractivity contribution in [2.45, 2.75) is 6.42 Å². The standard InChI is InChI=1S/C19H17N3O3/c23-18(22-14-6-7-16-17(11-14)25-12-24-16)8-10-20-15-5-1-3-13-4-2-9-21-19(13)15/h1-7,9,11,20H,8,10,12H2,(H,22,23). The highest BCUT2D eigenvalue weighted by atomic mass is 16.7. The molecule has 0 atom stereocenters. The van der Waals surface area contributed by atoms with Gasteiger partial charge in [-0.1, -0.05) is 18.2 Å². The number of pyridine rings is 1. The van der Waals surface area contributed by atoms with E-state index in [0.717, 1.165) is 16.6 Å². The van der Waals surface area contributed by atoms with Crippen LogP contribution in [-0.2, 0) is 4.79 Å². The second-order valence-electron chi connectivity index (χ2n) is 5.67. The van der Waals surface area contributed by atoms with Crippen molar-refractivity contribution in [1.82, 2.24) is 4.98 Å². The highest BCUT2D eigenvalue weighted by Gasteiger charge is 2.14. The van der Waals surface area contributed by atoms with Crippen molar-refractivity contribution in [1.29, 1.82) is 0 Å². The molecule has 4 rings (SSSR count). The first kappa shape index (κ1) is 15.3. The van der Waals surface area contributed by atoms with Gasteiger partial charge < -0.3 is 20.1 Å². The lowest BCUT2D eigenvalue weighted by molar-refractivity contribution is -0.115. The molecule has 1 aromatic heterocycles. The number of amides is 1. The molecule has 2 heterocycles. The van der Waals surface area contributed by atoms with Crippen LogP contribution in [0.3, 0.4) is 0 Å². The van der Waals surface area contributed by atoms with Gasteiger partial charge in [0.05, 0.1) is 11.2 Å². The largest absolute Gasteiger partial charge is 0.454 e. The lowest BCUT2D eigenvalue weighted by Crippen LogP contribution is -2.16. The number of nitrogens with one attached hydrogen (secondary N) is 2. The Morgan fingerprint density at radius 2 is 1.96 bits per heavy atom. The van der Waals surface area contributed by atoms with E-state index in [1.54, 1.807) is 24.4 Å². The molecule has 25 heavy (non-hydrogen) atoms. The first-order valence-electron chi connectivity index (χ1n) is 8.07. The van der Waals surface area contributed by atoms with E-state index < -0.39 is 0 Å². The van der Waals surface area contributed by atoms with E-state index in [2.05, 4.69) is 15.6 Å². The minimum absolute atomic E-state index is 0.0699. The number of hydrogen-bond acceptors (Lipinski definition) is 5. The third kappa shape index (κ3) is 3.33. The summed E-state index contributed by atoms with van der Waals surface area (Å²) < 4.78 is 10.6.